The van der Waals surface area contributed by atoms with E-state index in [0.717, 1.165) is 72.8 Å². The third-order valence-electron chi connectivity index (χ3n) is 6.45. The first kappa shape index (κ1) is 25.1. The van der Waals surface area contributed by atoms with E-state index < -0.39 is 0 Å². The van der Waals surface area contributed by atoms with Gasteiger partial charge in [-0.05, 0) is 44.4 Å². The third kappa shape index (κ3) is 5.89. The third-order valence-corrected chi connectivity index (χ3v) is 7.50. The number of aldehydes is 1. The number of hydrogen-bond acceptors (Lipinski definition) is 11. The van der Waals surface area contributed by atoms with Crippen LogP contribution in [0.5, 0.6) is 0 Å². The zero-order valence-electron chi connectivity index (χ0n) is 21.2. The lowest BCUT2D eigenvalue weighted by molar-refractivity contribution is 0.111. The zero-order valence-corrected chi connectivity index (χ0v) is 22.1. The van der Waals surface area contributed by atoms with E-state index in [1.54, 1.807) is 23.6 Å². The second-order valence-electron chi connectivity index (χ2n) is 9.09. The minimum Gasteiger partial charge on any atom is -0.444 e. The number of oxazole rings is 1. The second-order valence-corrected chi connectivity index (χ2v) is 10.1. The predicted molar refractivity (Wildman–Crippen MR) is 148 cm³/mol. The van der Waals surface area contributed by atoms with Gasteiger partial charge >= 0.3 is 0 Å². The Balaban J connectivity index is 0.000000171. The normalized spacial score (nSPS) is 15.8. The van der Waals surface area contributed by atoms with Gasteiger partial charge in [0.1, 0.15) is 12.0 Å². The van der Waals surface area contributed by atoms with E-state index in [-0.39, 0.29) is 0 Å². The van der Waals surface area contributed by atoms with Crippen LogP contribution < -0.4 is 20.4 Å². The lowest BCUT2D eigenvalue weighted by atomic mass is 10.1. The highest BCUT2D eigenvalue weighted by Gasteiger charge is 2.20. The van der Waals surface area contributed by atoms with Gasteiger partial charge in [-0.25, -0.2) is 9.97 Å². The van der Waals surface area contributed by atoms with E-state index in [1.165, 1.54) is 30.2 Å². The van der Waals surface area contributed by atoms with Crippen molar-refractivity contribution < 1.29 is 9.21 Å². The van der Waals surface area contributed by atoms with Crippen LogP contribution in [0.1, 0.15) is 35.4 Å². The number of aryl methyl sites for hydroxylation is 1. The molecular weight excluding hydrogens is 488 g/mol. The van der Waals surface area contributed by atoms with Crippen molar-refractivity contribution in [1.82, 2.24) is 25.3 Å². The number of piperazine rings is 1. The summed E-state index contributed by atoms with van der Waals surface area (Å²) in [6.45, 7) is 8.20. The summed E-state index contributed by atoms with van der Waals surface area (Å²) in [6, 6.07) is 5.85. The Morgan fingerprint density at radius 3 is 2.57 bits per heavy atom. The molecular formula is C26H32N8O2S. The van der Waals surface area contributed by atoms with Crippen LogP contribution in [0.15, 0.2) is 35.1 Å². The van der Waals surface area contributed by atoms with Gasteiger partial charge in [0.15, 0.2) is 22.9 Å². The molecule has 6 heterocycles. The van der Waals surface area contributed by atoms with Gasteiger partial charge in [-0.2, -0.15) is 4.98 Å². The number of anilines is 3. The molecule has 0 spiro atoms. The second kappa shape index (κ2) is 11.7. The van der Waals surface area contributed by atoms with Gasteiger partial charge < -0.3 is 24.9 Å². The van der Waals surface area contributed by atoms with Gasteiger partial charge in [0.05, 0.1) is 10.4 Å². The van der Waals surface area contributed by atoms with Crippen molar-refractivity contribution in [3.8, 4) is 11.5 Å². The summed E-state index contributed by atoms with van der Waals surface area (Å²) in [6.07, 6.45) is 7.50. The molecule has 6 rings (SSSR count). The van der Waals surface area contributed by atoms with Crippen LogP contribution in [0.4, 0.5) is 16.6 Å². The Hall–Kier alpha value is -3.57. The maximum atomic E-state index is 10.4. The number of pyridine rings is 2. The molecule has 4 aromatic heterocycles. The molecule has 0 atom stereocenters. The van der Waals surface area contributed by atoms with Crippen LogP contribution in [0.25, 0.3) is 21.8 Å². The summed E-state index contributed by atoms with van der Waals surface area (Å²) in [5, 5.41) is 7.82. The predicted octanol–water partition coefficient (Wildman–Crippen LogP) is 3.99. The SMILES string of the molecule is CNc1cc2sc(N3CCNCC3)nc2nc1N1CCCCC1.Cc1cc(-c2nc(C=O)co2)ccn1. The molecule has 0 bridgehead atoms. The minimum absolute atomic E-state index is 0.300. The van der Waals surface area contributed by atoms with Gasteiger partial charge in [0.2, 0.25) is 5.89 Å². The van der Waals surface area contributed by atoms with Gasteiger partial charge in [0, 0.05) is 63.8 Å². The first-order valence-electron chi connectivity index (χ1n) is 12.7. The number of nitrogens with one attached hydrogen (secondary N) is 2. The molecule has 0 aromatic carbocycles. The minimum atomic E-state index is 0.300. The summed E-state index contributed by atoms with van der Waals surface area (Å²) in [5.74, 6) is 1.51. The fourth-order valence-electron chi connectivity index (χ4n) is 4.52. The number of carbonyl (C=O) groups excluding carboxylic acids is 1. The molecule has 0 aliphatic carbocycles. The van der Waals surface area contributed by atoms with E-state index in [0.29, 0.717) is 17.9 Å². The van der Waals surface area contributed by atoms with E-state index >= 15 is 0 Å². The van der Waals surface area contributed by atoms with E-state index in [1.807, 2.05) is 20.0 Å². The fourth-order valence-corrected chi connectivity index (χ4v) is 5.52. The van der Waals surface area contributed by atoms with Crippen LogP contribution in [0, 0.1) is 6.92 Å². The largest absolute Gasteiger partial charge is 0.444 e. The number of thiazole rings is 1. The highest BCUT2D eigenvalue weighted by Crippen LogP contribution is 2.35. The van der Waals surface area contributed by atoms with Crippen molar-refractivity contribution in [2.75, 3.05) is 61.4 Å². The molecule has 2 aliphatic heterocycles. The lowest BCUT2D eigenvalue weighted by Crippen LogP contribution is -2.43. The number of nitrogens with zero attached hydrogens (tertiary/aromatic N) is 6. The molecule has 0 unspecified atom stereocenters. The quantitative estimate of drug-likeness (QED) is 0.375. The Labute approximate surface area is 220 Å². The summed E-state index contributed by atoms with van der Waals surface area (Å²) in [5.41, 5.74) is 4.02. The highest BCUT2D eigenvalue weighted by molar-refractivity contribution is 7.22. The standard InChI is InChI=1S/C16H24N6S.C10H8N2O2/c1-17-12-11-13-14(19-15(12)21-7-3-2-4-8-21)20-16(23-13)22-9-5-18-6-10-22;1-7-4-8(2-3-11-7)10-12-9(5-13)6-14-10/h11,17-18H,2-10H2,1H3;2-6H,1H3. The summed E-state index contributed by atoms with van der Waals surface area (Å²) >= 11 is 1.75. The topological polar surface area (TPSA) is 112 Å². The van der Waals surface area contributed by atoms with Crippen molar-refractivity contribution in [2.45, 2.75) is 26.2 Å². The lowest BCUT2D eigenvalue weighted by Gasteiger charge is -2.29. The van der Waals surface area contributed by atoms with E-state index in [4.69, 9.17) is 14.4 Å². The molecule has 4 aromatic rings. The van der Waals surface area contributed by atoms with E-state index in [9.17, 15) is 4.79 Å². The van der Waals surface area contributed by atoms with Crippen LogP contribution in [-0.4, -0.2) is 72.5 Å². The fraction of sp³-hybridized carbons (Fsp3) is 0.423. The number of fused-ring (bicyclic) bond motifs is 1. The highest BCUT2D eigenvalue weighted by atomic mass is 32.1. The zero-order chi connectivity index (χ0) is 25.6. The number of carbonyl (C=O) groups is 1. The molecule has 2 N–H and O–H groups in total. The Kier molecular flexibility index (Phi) is 7.90. The Morgan fingerprint density at radius 2 is 1.86 bits per heavy atom. The molecule has 0 saturated carbocycles. The first-order chi connectivity index (χ1) is 18.1. The van der Waals surface area contributed by atoms with Crippen molar-refractivity contribution in [3.63, 3.8) is 0 Å². The number of hydrogen-bond donors (Lipinski definition) is 2. The smallest absolute Gasteiger partial charge is 0.226 e. The van der Waals surface area contributed by atoms with Crippen molar-refractivity contribution in [3.05, 3.63) is 42.0 Å². The molecule has 0 radical (unpaired) electrons. The molecule has 37 heavy (non-hydrogen) atoms. The van der Waals surface area contributed by atoms with Gasteiger partial charge in [0.25, 0.3) is 0 Å². The van der Waals surface area contributed by atoms with Crippen LogP contribution in [0.2, 0.25) is 0 Å². The van der Waals surface area contributed by atoms with Crippen molar-refractivity contribution >= 4 is 44.6 Å². The molecule has 2 saturated heterocycles. The van der Waals surface area contributed by atoms with Crippen LogP contribution >= 0.6 is 11.3 Å². The van der Waals surface area contributed by atoms with Crippen LogP contribution in [0.3, 0.4) is 0 Å². The average molecular weight is 521 g/mol. The summed E-state index contributed by atoms with van der Waals surface area (Å²) in [7, 11) is 1.98. The molecule has 10 nitrogen and oxygen atoms in total. The summed E-state index contributed by atoms with van der Waals surface area (Å²) in [4.78, 5) is 32.9. The van der Waals surface area contributed by atoms with Gasteiger partial charge in [-0.3, -0.25) is 9.78 Å². The first-order valence-corrected chi connectivity index (χ1v) is 13.5. The van der Waals surface area contributed by atoms with Gasteiger partial charge in [-0.1, -0.05) is 11.3 Å². The number of rotatable bonds is 5. The average Bonchev–Trinajstić information content (AvgIpc) is 3.61. The van der Waals surface area contributed by atoms with Crippen molar-refractivity contribution in [2.24, 2.45) is 0 Å². The molecule has 11 heteroatoms. The summed E-state index contributed by atoms with van der Waals surface area (Å²) < 4.78 is 6.30. The number of aromatic nitrogens is 4. The van der Waals surface area contributed by atoms with Crippen molar-refractivity contribution in [1.29, 1.82) is 0 Å². The molecule has 0 amide bonds. The Morgan fingerprint density at radius 1 is 1.05 bits per heavy atom. The number of piperidine rings is 1. The monoisotopic (exact) mass is 520 g/mol. The maximum Gasteiger partial charge on any atom is 0.226 e. The Bertz CT molecular complexity index is 1340. The molecule has 2 aliphatic rings. The molecule has 2 fully saturated rings. The maximum absolute atomic E-state index is 10.4. The van der Waals surface area contributed by atoms with Crippen LogP contribution in [-0.2, 0) is 0 Å². The van der Waals surface area contributed by atoms with Gasteiger partial charge in [-0.15, -0.1) is 0 Å². The van der Waals surface area contributed by atoms with E-state index in [2.05, 4.69) is 36.5 Å². The molecule has 194 valence electrons.